The van der Waals surface area contributed by atoms with Crippen molar-refractivity contribution in [2.45, 2.75) is 19.4 Å². The number of methoxy groups -OCH3 is 1. The number of urea groups is 1. The van der Waals surface area contributed by atoms with Crippen LogP contribution in [0.3, 0.4) is 0 Å². The lowest BCUT2D eigenvalue weighted by Gasteiger charge is -2.27. The highest BCUT2D eigenvalue weighted by atomic mass is 32.1. The Kier molecular flexibility index (Phi) is 5.97. The number of thiophene rings is 1. The van der Waals surface area contributed by atoms with Crippen molar-refractivity contribution in [3.63, 3.8) is 0 Å². The van der Waals surface area contributed by atoms with Crippen LogP contribution in [0.4, 0.5) is 10.7 Å². The van der Waals surface area contributed by atoms with Gasteiger partial charge < -0.3 is 20.1 Å². The number of nitrogens with zero attached hydrogens (tertiary/aromatic N) is 3. The number of carbonyl (C=O) groups is 2. The number of anilines is 1. The fraction of sp³-hybridized carbons (Fsp3) is 0.231. The van der Waals surface area contributed by atoms with Crippen molar-refractivity contribution in [3.8, 4) is 33.2 Å². The molecular formula is C26H25N5O4S. The van der Waals surface area contributed by atoms with Gasteiger partial charge >= 0.3 is 6.03 Å². The number of fused-ring (bicyclic) bond motifs is 1. The molecule has 1 aliphatic heterocycles. The number of benzene rings is 2. The van der Waals surface area contributed by atoms with E-state index >= 15 is 0 Å². The van der Waals surface area contributed by atoms with Gasteiger partial charge in [-0.2, -0.15) is 0 Å². The number of ether oxygens (including phenoxy) is 1. The van der Waals surface area contributed by atoms with Crippen molar-refractivity contribution in [1.82, 2.24) is 20.2 Å². The quantitative estimate of drug-likeness (QED) is 0.318. The molecule has 0 spiro atoms. The number of rotatable bonds is 7. The molecule has 0 unspecified atom stereocenters. The third-order valence-electron chi connectivity index (χ3n) is 6.22. The van der Waals surface area contributed by atoms with Crippen LogP contribution < -0.4 is 15.4 Å². The minimum atomic E-state index is -0.915. The summed E-state index contributed by atoms with van der Waals surface area (Å²) in [5.41, 5.74) is 1.37. The van der Waals surface area contributed by atoms with Crippen LogP contribution in [-0.4, -0.2) is 57.7 Å². The molecule has 2 aromatic carbocycles. The zero-order valence-electron chi connectivity index (χ0n) is 20.0. The highest BCUT2D eigenvalue weighted by Crippen LogP contribution is 2.39. The van der Waals surface area contributed by atoms with E-state index in [4.69, 9.17) is 9.72 Å². The molecule has 3 N–H and O–H groups in total. The molecule has 0 bridgehead atoms. The predicted octanol–water partition coefficient (Wildman–Crippen LogP) is 4.48. The van der Waals surface area contributed by atoms with Crippen LogP contribution in [0.15, 0.2) is 54.7 Å². The molecule has 10 heteroatoms. The van der Waals surface area contributed by atoms with Crippen molar-refractivity contribution in [2.24, 2.45) is 0 Å². The summed E-state index contributed by atoms with van der Waals surface area (Å²) in [5, 5.41) is 16.6. The molecular weight excluding hydrogens is 478 g/mol. The molecule has 184 valence electrons. The van der Waals surface area contributed by atoms with Crippen LogP contribution in [-0.2, 0) is 4.79 Å². The van der Waals surface area contributed by atoms with Crippen LogP contribution in [0.2, 0.25) is 0 Å². The van der Waals surface area contributed by atoms with Gasteiger partial charge in [0.2, 0.25) is 5.95 Å². The summed E-state index contributed by atoms with van der Waals surface area (Å²) in [5.74, 6) is 1.01. The van der Waals surface area contributed by atoms with Gasteiger partial charge in [0.25, 0.3) is 5.91 Å². The van der Waals surface area contributed by atoms with Crippen LogP contribution >= 0.6 is 11.3 Å². The Morgan fingerprint density at radius 1 is 1.17 bits per heavy atom. The van der Waals surface area contributed by atoms with E-state index in [1.807, 2.05) is 24.3 Å². The van der Waals surface area contributed by atoms with Gasteiger partial charge in [0, 0.05) is 29.5 Å². The van der Waals surface area contributed by atoms with Gasteiger partial charge in [0.1, 0.15) is 17.0 Å². The Bertz CT molecular complexity index is 1480. The predicted molar refractivity (Wildman–Crippen MR) is 139 cm³/mol. The molecule has 5 rings (SSSR count). The molecule has 0 aliphatic carbocycles. The number of imide groups is 1. The summed E-state index contributed by atoms with van der Waals surface area (Å²) >= 11 is 1.60. The zero-order chi connectivity index (χ0) is 25.4. The Balaban J connectivity index is 1.47. The normalized spacial score (nSPS) is 14.8. The van der Waals surface area contributed by atoms with E-state index in [9.17, 15) is 14.7 Å². The molecule has 1 fully saturated rings. The van der Waals surface area contributed by atoms with E-state index in [2.05, 4.69) is 21.7 Å². The second-order valence-corrected chi connectivity index (χ2v) is 10.0. The summed E-state index contributed by atoms with van der Waals surface area (Å²) < 4.78 is 6.46. The van der Waals surface area contributed by atoms with Crippen molar-refractivity contribution in [3.05, 3.63) is 54.7 Å². The average Bonchev–Trinajstić information content (AvgIpc) is 3.37. The molecule has 3 heterocycles. The largest absolute Gasteiger partial charge is 0.508 e. The van der Waals surface area contributed by atoms with Crippen molar-refractivity contribution in [1.29, 1.82) is 0 Å². The number of amides is 3. The maximum absolute atomic E-state index is 12.1. The minimum Gasteiger partial charge on any atom is -0.508 e. The first kappa shape index (κ1) is 23.6. The Labute approximate surface area is 211 Å². The monoisotopic (exact) mass is 503 g/mol. The lowest BCUT2D eigenvalue weighted by molar-refractivity contribution is -0.125. The lowest BCUT2D eigenvalue weighted by atomic mass is 10.0. The number of hydrogen-bond acceptors (Lipinski definition) is 8. The molecule has 1 aliphatic rings. The number of phenolic OH excluding ortho intramolecular Hbond substituents is 1. The summed E-state index contributed by atoms with van der Waals surface area (Å²) in [6.45, 7) is 4.09. The van der Waals surface area contributed by atoms with Gasteiger partial charge in [-0.15, -0.1) is 11.3 Å². The molecule has 2 aromatic heterocycles. The van der Waals surface area contributed by atoms with Gasteiger partial charge in [-0.3, -0.25) is 10.1 Å². The number of nitrogens with one attached hydrogen (secondary N) is 2. The second kappa shape index (κ2) is 9.12. The van der Waals surface area contributed by atoms with E-state index in [1.54, 1.807) is 56.7 Å². The van der Waals surface area contributed by atoms with Gasteiger partial charge in [-0.05, 0) is 61.2 Å². The van der Waals surface area contributed by atoms with E-state index in [-0.39, 0.29) is 11.7 Å². The van der Waals surface area contributed by atoms with Crippen LogP contribution in [0, 0.1) is 0 Å². The molecule has 1 saturated heterocycles. The molecule has 36 heavy (non-hydrogen) atoms. The van der Waals surface area contributed by atoms with E-state index < -0.39 is 11.6 Å². The lowest BCUT2D eigenvalue weighted by Crippen LogP contribution is -2.46. The molecule has 0 radical (unpaired) electrons. The third-order valence-corrected chi connectivity index (χ3v) is 7.34. The SMILES string of the molecule is COc1ccc2sc(-c3nc(NCCN4C(=O)NC(=O)C4(C)C)ncc3-c3cccc(O)c3)cc2c1. The molecule has 0 saturated carbocycles. The number of aromatic hydroxyl groups is 1. The number of aromatic nitrogens is 2. The summed E-state index contributed by atoms with van der Waals surface area (Å²) in [7, 11) is 1.64. The van der Waals surface area contributed by atoms with Crippen LogP contribution in [0.1, 0.15) is 13.8 Å². The topological polar surface area (TPSA) is 117 Å². The fourth-order valence-electron chi connectivity index (χ4n) is 4.16. The van der Waals surface area contributed by atoms with E-state index in [1.165, 1.54) is 4.90 Å². The Hall–Kier alpha value is -4.18. The van der Waals surface area contributed by atoms with Crippen LogP contribution in [0.25, 0.3) is 31.8 Å². The molecule has 3 amide bonds. The third kappa shape index (κ3) is 4.31. The first-order valence-corrected chi connectivity index (χ1v) is 12.2. The molecule has 4 aromatic rings. The summed E-state index contributed by atoms with van der Waals surface area (Å²) in [6, 6.07) is 14.5. The standard InChI is InChI=1S/C26H25N5O4S/c1-26(2)23(33)30-25(34)31(26)10-9-27-24-28-14-19(15-5-4-6-17(32)11-15)22(29-24)21-13-16-12-18(35-3)7-8-20(16)36-21/h4-8,11-14,32H,9-10H2,1-3H3,(H,27,28,29)(H,30,33,34). The summed E-state index contributed by atoms with van der Waals surface area (Å²) in [6.07, 6.45) is 1.72. The summed E-state index contributed by atoms with van der Waals surface area (Å²) in [4.78, 5) is 35.9. The van der Waals surface area contributed by atoms with Gasteiger partial charge in [-0.1, -0.05) is 12.1 Å². The molecule has 0 atom stereocenters. The first-order valence-electron chi connectivity index (χ1n) is 11.4. The maximum atomic E-state index is 12.1. The zero-order valence-corrected chi connectivity index (χ0v) is 20.8. The van der Waals surface area contributed by atoms with E-state index in [0.29, 0.717) is 24.7 Å². The van der Waals surface area contributed by atoms with Crippen LogP contribution in [0.5, 0.6) is 11.5 Å². The number of phenols is 1. The fourth-order valence-corrected chi connectivity index (χ4v) is 5.21. The highest BCUT2D eigenvalue weighted by molar-refractivity contribution is 7.22. The number of hydrogen-bond donors (Lipinski definition) is 3. The van der Waals surface area contributed by atoms with Crippen molar-refractivity contribution >= 4 is 39.3 Å². The van der Waals surface area contributed by atoms with E-state index in [0.717, 1.165) is 31.8 Å². The number of carbonyl (C=O) groups excluding carboxylic acids is 2. The van der Waals surface area contributed by atoms with Crippen molar-refractivity contribution in [2.75, 3.05) is 25.5 Å². The first-order chi connectivity index (χ1) is 17.3. The highest BCUT2D eigenvalue weighted by Gasteiger charge is 2.45. The van der Waals surface area contributed by atoms with Gasteiger partial charge in [0.05, 0.1) is 17.7 Å². The average molecular weight is 504 g/mol. The molecule has 9 nitrogen and oxygen atoms in total. The smallest absolute Gasteiger partial charge is 0.325 e. The maximum Gasteiger partial charge on any atom is 0.325 e. The van der Waals surface area contributed by atoms with Crippen molar-refractivity contribution < 1.29 is 19.4 Å². The van der Waals surface area contributed by atoms with Gasteiger partial charge in [-0.25, -0.2) is 14.8 Å². The Morgan fingerprint density at radius 3 is 2.72 bits per heavy atom. The second-order valence-electron chi connectivity index (χ2n) is 8.92. The minimum absolute atomic E-state index is 0.155. The van der Waals surface area contributed by atoms with Gasteiger partial charge in [0.15, 0.2) is 0 Å². The Morgan fingerprint density at radius 2 is 2.00 bits per heavy atom.